The maximum Gasteiger partial charge on any atom is 0.338 e. The molecular weight excluding hydrogens is 374 g/mol. The van der Waals surface area contributed by atoms with Gasteiger partial charge >= 0.3 is 5.97 Å². The van der Waals surface area contributed by atoms with E-state index in [4.69, 9.17) is 17.0 Å². The van der Waals surface area contributed by atoms with Crippen LogP contribution in [0.5, 0.6) is 0 Å². The number of quaternary nitrogens is 1. The molecule has 1 aromatic heterocycles. The van der Waals surface area contributed by atoms with Gasteiger partial charge in [0.25, 0.3) is 5.56 Å². The summed E-state index contributed by atoms with van der Waals surface area (Å²) < 4.78 is 7.09. The Bertz CT molecular complexity index is 1080. The minimum atomic E-state index is -0.367. The third-order valence-electron chi connectivity index (χ3n) is 4.86. The molecular formula is C21H24N3O3S+. The normalized spacial score (nSPS) is 11.1. The molecule has 6 nitrogen and oxygen atoms in total. The summed E-state index contributed by atoms with van der Waals surface area (Å²) in [5.74, 6) is -0.367. The van der Waals surface area contributed by atoms with Gasteiger partial charge < -0.3 is 14.6 Å². The summed E-state index contributed by atoms with van der Waals surface area (Å²) in [6, 6.07) is 13.9. The maximum atomic E-state index is 12.8. The lowest BCUT2D eigenvalue weighted by Crippen LogP contribution is -3.11. The van der Waals surface area contributed by atoms with E-state index in [2.05, 4.69) is 18.8 Å². The number of carbonyl (C=O) groups excluding carboxylic acids is 1. The number of aromatic nitrogens is 2. The molecule has 0 unspecified atom stereocenters. The van der Waals surface area contributed by atoms with Gasteiger partial charge in [-0.15, -0.1) is 0 Å². The van der Waals surface area contributed by atoms with Crippen LogP contribution in [0.2, 0.25) is 0 Å². The number of rotatable bonds is 7. The zero-order valence-electron chi connectivity index (χ0n) is 16.0. The average molecular weight is 399 g/mol. The van der Waals surface area contributed by atoms with E-state index in [0.29, 0.717) is 33.5 Å². The van der Waals surface area contributed by atoms with Crippen LogP contribution in [0.15, 0.2) is 53.3 Å². The summed E-state index contributed by atoms with van der Waals surface area (Å²) >= 11 is 5.35. The summed E-state index contributed by atoms with van der Waals surface area (Å²) in [4.78, 5) is 29.5. The summed E-state index contributed by atoms with van der Waals surface area (Å²) in [7, 11) is 0. The molecule has 0 saturated heterocycles. The molecule has 0 bridgehead atoms. The van der Waals surface area contributed by atoms with Gasteiger partial charge in [0.15, 0.2) is 4.77 Å². The van der Waals surface area contributed by atoms with Gasteiger partial charge in [0.05, 0.1) is 35.2 Å². The first kappa shape index (κ1) is 20.0. The monoisotopic (exact) mass is 398 g/mol. The van der Waals surface area contributed by atoms with Crippen molar-refractivity contribution < 1.29 is 14.4 Å². The van der Waals surface area contributed by atoms with E-state index in [9.17, 15) is 9.59 Å². The van der Waals surface area contributed by atoms with Crippen molar-refractivity contribution in [3.05, 3.63) is 69.2 Å². The van der Waals surface area contributed by atoms with Gasteiger partial charge in [0.1, 0.15) is 13.2 Å². The van der Waals surface area contributed by atoms with Gasteiger partial charge in [0, 0.05) is 0 Å². The minimum absolute atomic E-state index is 0.197. The number of aromatic amines is 1. The number of hydrogen-bond donors (Lipinski definition) is 2. The number of benzene rings is 2. The van der Waals surface area contributed by atoms with Crippen LogP contribution in [0.4, 0.5) is 0 Å². The fourth-order valence-electron chi connectivity index (χ4n) is 3.12. The van der Waals surface area contributed by atoms with Crippen LogP contribution in [0, 0.1) is 4.77 Å². The molecule has 0 aliphatic heterocycles. The fraction of sp³-hybridized carbons (Fsp3) is 0.286. The second-order valence-corrected chi connectivity index (χ2v) is 6.89. The molecule has 0 saturated carbocycles. The highest BCUT2D eigenvalue weighted by Crippen LogP contribution is 2.12. The number of nitrogens with zero attached hydrogens (tertiary/aromatic N) is 1. The highest BCUT2D eigenvalue weighted by molar-refractivity contribution is 7.71. The molecule has 7 heteroatoms. The Morgan fingerprint density at radius 1 is 1.11 bits per heavy atom. The van der Waals surface area contributed by atoms with Crippen LogP contribution in [0.1, 0.15) is 24.2 Å². The Hall–Kier alpha value is -2.77. The van der Waals surface area contributed by atoms with Crippen LogP contribution in [-0.2, 0) is 4.74 Å². The minimum Gasteiger partial charge on any atom is -0.456 e. The Labute approximate surface area is 168 Å². The number of likely N-dealkylation sites (N-methyl/N-ethyl adjacent to an activating group) is 1. The zero-order chi connectivity index (χ0) is 20.1. The molecule has 0 spiro atoms. The standard InChI is InChI=1S/C21H23N3O3S/c1-3-23(4-2)13-14-27-20(26)15-9-11-16(12-10-15)24-19(25)17-7-5-6-8-18(17)22-21(24)28/h5-12H,3-4,13-14H2,1-2H3,(H,22,28)/p+1. The SMILES string of the molecule is CC[NH+](CC)CCOC(=O)c1ccc(-n2c(=S)[nH]c3ccccc3c2=O)cc1. The molecule has 0 radical (unpaired) electrons. The Balaban J connectivity index is 1.80. The Morgan fingerprint density at radius 3 is 2.46 bits per heavy atom. The van der Waals surface area contributed by atoms with E-state index in [1.807, 2.05) is 18.2 Å². The Kier molecular flexibility index (Phi) is 6.38. The van der Waals surface area contributed by atoms with Gasteiger partial charge in [0.2, 0.25) is 0 Å². The van der Waals surface area contributed by atoms with Crippen LogP contribution in [0.3, 0.4) is 0 Å². The van der Waals surface area contributed by atoms with Gasteiger partial charge in [-0.2, -0.15) is 0 Å². The van der Waals surface area contributed by atoms with Crippen LogP contribution in [0.25, 0.3) is 16.6 Å². The molecule has 28 heavy (non-hydrogen) atoms. The molecule has 1 heterocycles. The van der Waals surface area contributed by atoms with Crippen LogP contribution >= 0.6 is 12.2 Å². The molecule has 2 aromatic carbocycles. The third-order valence-corrected chi connectivity index (χ3v) is 5.14. The fourth-order valence-corrected chi connectivity index (χ4v) is 3.42. The molecule has 0 fully saturated rings. The zero-order valence-corrected chi connectivity index (χ0v) is 16.8. The molecule has 0 atom stereocenters. The average Bonchev–Trinajstić information content (AvgIpc) is 2.71. The highest BCUT2D eigenvalue weighted by Gasteiger charge is 2.11. The van der Waals surface area contributed by atoms with Gasteiger partial charge in [-0.3, -0.25) is 9.36 Å². The van der Waals surface area contributed by atoms with Crippen molar-refractivity contribution in [3.8, 4) is 5.69 Å². The predicted molar refractivity (Wildman–Crippen MR) is 112 cm³/mol. The van der Waals surface area contributed by atoms with Crippen LogP contribution < -0.4 is 10.5 Å². The molecule has 0 aliphatic carbocycles. The quantitative estimate of drug-likeness (QED) is 0.473. The second kappa shape index (κ2) is 8.95. The number of nitrogens with one attached hydrogen (secondary N) is 2. The number of para-hydroxylation sites is 1. The number of hydrogen-bond acceptors (Lipinski definition) is 4. The van der Waals surface area contributed by atoms with Gasteiger partial charge in [-0.05, 0) is 62.5 Å². The lowest BCUT2D eigenvalue weighted by Gasteiger charge is -2.15. The summed E-state index contributed by atoms with van der Waals surface area (Å²) in [6.07, 6.45) is 0. The molecule has 146 valence electrons. The summed E-state index contributed by atoms with van der Waals surface area (Å²) in [5, 5.41) is 0.554. The van der Waals surface area contributed by atoms with Crippen molar-refractivity contribution in [2.75, 3.05) is 26.2 Å². The van der Waals surface area contributed by atoms with E-state index in [0.717, 1.165) is 19.6 Å². The van der Waals surface area contributed by atoms with E-state index < -0.39 is 0 Å². The molecule has 0 aliphatic rings. The smallest absolute Gasteiger partial charge is 0.338 e. The predicted octanol–water partition coefficient (Wildman–Crippen LogP) is 2.13. The van der Waals surface area contributed by atoms with E-state index in [1.165, 1.54) is 9.47 Å². The van der Waals surface area contributed by atoms with Crippen molar-refractivity contribution in [2.45, 2.75) is 13.8 Å². The number of carbonyl (C=O) groups is 1. The number of fused-ring (bicyclic) bond motifs is 1. The second-order valence-electron chi connectivity index (χ2n) is 6.51. The molecule has 3 rings (SSSR count). The molecule has 0 amide bonds. The summed E-state index contributed by atoms with van der Waals surface area (Å²) in [5.41, 5.74) is 1.55. The third kappa shape index (κ3) is 4.21. The highest BCUT2D eigenvalue weighted by atomic mass is 32.1. The maximum absolute atomic E-state index is 12.8. The first-order valence-corrected chi connectivity index (χ1v) is 9.81. The number of esters is 1. The lowest BCUT2D eigenvalue weighted by molar-refractivity contribution is -0.896. The topological polar surface area (TPSA) is 68.5 Å². The van der Waals surface area contributed by atoms with Crippen molar-refractivity contribution in [1.29, 1.82) is 0 Å². The van der Waals surface area contributed by atoms with Crippen molar-refractivity contribution >= 4 is 29.1 Å². The van der Waals surface area contributed by atoms with Crippen LogP contribution in [-0.4, -0.2) is 41.8 Å². The molecule has 3 aromatic rings. The number of ether oxygens (including phenoxy) is 1. The van der Waals surface area contributed by atoms with E-state index in [1.54, 1.807) is 30.3 Å². The first-order chi connectivity index (χ1) is 13.5. The summed E-state index contributed by atoms with van der Waals surface area (Å²) in [6.45, 7) is 7.40. The first-order valence-electron chi connectivity index (χ1n) is 9.40. The van der Waals surface area contributed by atoms with Gasteiger partial charge in [-0.25, -0.2) is 4.79 Å². The van der Waals surface area contributed by atoms with Gasteiger partial charge in [-0.1, -0.05) is 12.1 Å². The number of H-pyrrole nitrogens is 1. The van der Waals surface area contributed by atoms with Crippen molar-refractivity contribution in [1.82, 2.24) is 9.55 Å². The largest absolute Gasteiger partial charge is 0.456 e. The van der Waals surface area contributed by atoms with E-state index >= 15 is 0 Å². The van der Waals surface area contributed by atoms with E-state index in [-0.39, 0.29) is 11.5 Å². The van der Waals surface area contributed by atoms with Crippen molar-refractivity contribution in [3.63, 3.8) is 0 Å². The van der Waals surface area contributed by atoms with Crippen molar-refractivity contribution in [2.24, 2.45) is 0 Å². The lowest BCUT2D eigenvalue weighted by atomic mass is 10.2. The molecule has 2 N–H and O–H groups in total. The Morgan fingerprint density at radius 2 is 1.79 bits per heavy atom.